The number of amides is 1. The Hall–Kier alpha value is -3.52. The van der Waals surface area contributed by atoms with Crippen LogP contribution in [0.1, 0.15) is 33.6 Å². The van der Waals surface area contributed by atoms with E-state index in [1.165, 1.54) is 0 Å². The number of carbonyl (C=O) groups excluding carboxylic acids is 2. The highest BCUT2D eigenvalue weighted by Gasteiger charge is 2.37. The van der Waals surface area contributed by atoms with Crippen LogP contribution >= 0.6 is 0 Å². The van der Waals surface area contributed by atoms with Crippen molar-refractivity contribution in [1.29, 1.82) is 0 Å². The summed E-state index contributed by atoms with van der Waals surface area (Å²) in [7, 11) is 1.55. The number of ether oxygens (including phenoxy) is 1. The molecule has 1 N–H and O–H groups in total. The average molecular weight is 409 g/mol. The molecule has 0 aromatic heterocycles. The van der Waals surface area contributed by atoms with E-state index in [1.54, 1.807) is 72.7 Å². The quantitative estimate of drug-likeness (QED) is 0.311. The second-order valence-electron chi connectivity index (χ2n) is 6.91. The molecule has 3 rings (SSSR count). The van der Waals surface area contributed by atoms with Gasteiger partial charge in [0.1, 0.15) is 0 Å². The number of nitro groups is 1. The summed E-state index contributed by atoms with van der Waals surface area (Å²) >= 11 is 0. The molecular weight excluding hydrogens is 386 g/mol. The summed E-state index contributed by atoms with van der Waals surface area (Å²) in [6.07, 6.45) is 1.49. The number of Topliss-reactive ketones (excluding diaryl/α,β-unsaturated/α-hetero) is 1. The van der Waals surface area contributed by atoms with Gasteiger partial charge in [0.2, 0.25) is 5.78 Å². The lowest BCUT2D eigenvalue weighted by Crippen LogP contribution is -2.40. The molecule has 1 atom stereocenters. The van der Waals surface area contributed by atoms with Gasteiger partial charge in [-0.1, -0.05) is 48.5 Å². The van der Waals surface area contributed by atoms with E-state index in [4.69, 9.17) is 4.74 Å². The molecule has 1 aliphatic heterocycles. The molecule has 8 heteroatoms. The van der Waals surface area contributed by atoms with Crippen molar-refractivity contribution in [2.45, 2.75) is 18.9 Å². The Morgan fingerprint density at radius 3 is 2.27 bits per heavy atom. The number of nitrogens with one attached hydrogen (secondary N) is 1. The number of allylic oxidation sites excluding steroid dienone is 1. The third-order valence-electron chi connectivity index (χ3n) is 4.95. The number of hydrogen-bond acceptors (Lipinski definition) is 6. The van der Waals surface area contributed by atoms with Crippen molar-refractivity contribution < 1.29 is 19.2 Å². The minimum atomic E-state index is -0.709. The van der Waals surface area contributed by atoms with Crippen molar-refractivity contribution in [2.24, 2.45) is 0 Å². The molecule has 1 amide bonds. The molecule has 1 fully saturated rings. The van der Waals surface area contributed by atoms with Crippen molar-refractivity contribution in [3.8, 4) is 0 Å². The van der Waals surface area contributed by atoms with Crippen LogP contribution in [-0.4, -0.2) is 47.8 Å². The summed E-state index contributed by atoms with van der Waals surface area (Å²) in [6.45, 7) is 0.781. The second-order valence-corrected chi connectivity index (χ2v) is 6.91. The molecule has 0 spiro atoms. The first kappa shape index (κ1) is 21.2. The highest BCUT2D eigenvalue weighted by Crippen LogP contribution is 2.27. The lowest BCUT2D eigenvalue weighted by atomic mass is 10.1. The fourth-order valence-electron chi connectivity index (χ4n) is 3.56. The van der Waals surface area contributed by atoms with Gasteiger partial charge in [0, 0.05) is 19.2 Å². The maximum Gasteiger partial charge on any atom is 0.351 e. The molecule has 0 unspecified atom stereocenters. The lowest BCUT2D eigenvalue weighted by molar-refractivity contribution is -0.431. The summed E-state index contributed by atoms with van der Waals surface area (Å²) < 4.78 is 5.25. The second kappa shape index (κ2) is 9.80. The molecule has 1 aliphatic rings. The smallest absolute Gasteiger partial charge is 0.351 e. The molecule has 0 bridgehead atoms. The standard InChI is InChI=1S/C22H23N3O5/c1-30-15-18-13-8-14-24(18)19(20(26)16-9-4-2-5-10-16)21(25(28)29)23-22(27)17-11-6-3-7-12-17/h2-7,9-12,18H,8,13-15H2,1H3,(H,23,27)/b21-19+/t18-/m0/s1. The summed E-state index contributed by atoms with van der Waals surface area (Å²) in [5.41, 5.74) is 0.442. The van der Waals surface area contributed by atoms with Gasteiger partial charge in [-0.05, 0) is 29.9 Å². The maximum absolute atomic E-state index is 13.3. The Balaban J connectivity index is 2.08. The van der Waals surface area contributed by atoms with Crippen LogP contribution in [0.4, 0.5) is 0 Å². The number of benzene rings is 2. The number of ketones is 1. The number of carbonyl (C=O) groups is 2. The number of nitrogens with zero attached hydrogens (tertiary/aromatic N) is 2. The van der Waals surface area contributed by atoms with Crippen LogP contribution in [0.15, 0.2) is 72.2 Å². The van der Waals surface area contributed by atoms with E-state index in [9.17, 15) is 19.7 Å². The predicted octanol–water partition coefficient (Wildman–Crippen LogP) is 2.86. The first-order chi connectivity index (χ1) is 14.5. The molecular formula is C22H23N3O5. The van der Waals surface area contributed by atoms with E-state index >= 15 is 0 Å². The van der Waals surface area contributed by atoms with Gasteiger partial charge in [-0.15, -0.1) is 0 Å². The summed E-state index contributed by atoms with van der Waals surface area (Å²) in [5.74, 6) is -1.79. The van der Waals surface area contributed by atoms with Crippen molar-refractivity contribution in [3.05, 3.63) is 93.4 Å². The van der Waals surface area contributed by atoms with E-state index < -0.39 is 22.4 Å². The Morgan fingerprint density at radius 2 is 1.70 bits per heavy atom. The van der Waals surface area contributed by atoms with Gasteiger partial charge in [-0.2, -0.15) is 0 Å². The summed E-state index contributed by atoms with van der Waals surface area (Å²) in [5, 5.41) is 14.3. The van der Waals surface area contributed by atoms with Gasteiger partial charge < -0.3 is 19.8 Å². The highest BCUT2D eigenvalue weighted by molar-refractivity contribution is 6.09. The molecule has 8 nitrogen and oxygen atoms in total. The van der Waals surface area contributed by atoms with Gasteiger partial charge in [-0.25, -0.2) is 10.1 Å². The van der Waals surface area contributed by atoms with Gasteiger partial charge in [0.05, 0.1) is 18.2 Å². The number of rotatable bonds is 8. The third-order valence-corrected chi connectivity index (χ3v) is 4.95. The molecule has 0 aliphatic carbocycles. The van der Waals surface area contributed by atoms with Gasteiger partial charge in [0.25, 0.3) is 0 Å². The predicted molar refractivity (Wildman–Crippen MR) is 110 cm³/mol. The molecule has 2 aromatic rings. The first-order valence-electron chi connectivity index (χ1n) is 9.63. The molecule has 2 aromatic carbocycles. The Morgan fingerprint density at radius 1 is 1.10 bits per heavy atom. The van der Waals surface area contributed by atoms with E-state index in [2.05, 4.69) is 5.32 Å². The van der Waals surface area contributed by atoms with E-state index in [1.807, 2.05) is 0 Å². The van der Waals surface area contributed by atoms with Crippen LogP contribution in [0.3, 0.4) is 0 Å². The Kier molecular flexibility index (Phi) is 6.92. The molecule has 1 saturated heterocycles. The molecule has 156 valence electrons. The normalized spacial score (nSPS) is 16.7. The van der Waals surface area contributed by atoms with Crippen LogP contribution in [0.2, 0.25) is 0 Å². The van der Waals surface area contributed by atoms with E-state index in [0.717, 1.165) is 12.8 Å². The van der Waals surface area contributed by atoms with Gasteiger partial charge in [-0.3, -0.25) is 4.79 Å². The molecule has 0 radical (unpaired) electrons. The van der Waals surface area contributed by atoms with Crippen molar-refractivity contribution in [2.75, 3.05) is 20.3 Å². The number of likely N-dealkylation sites (tertiary alicyclic amines) is 1. The number of methoxy groups -OCH3 is 1. The fraction of sp³-hybridized carbons (Fsp3) is 0.273. The number of hydrogen-bond donors (Lipinski definition) is 1. The Bertz CT molecular complexity index is 944. The molecule has 1 heterocycles. The average Bonchev–Trinajstić information content (AvgIpc) is 3.22. The van der Waals surface area contributed by atoms with Crippen LogP contribution in [-0.2, 0) is 4.74 Å². The molecule has 0 saturated carbocycles. The third kappa shape index (κ3) is 4.72. The highest BCUT2D eigenvalue weighted by atomic mass is 16.6. The fourth-order valence-corrected chi connectivity index (χ4v) is 3.56. The maximum atomic E-state index is 13.3. The van der Waals surface area contributed by atoms with E-state index in [0.29, 0.717) is 18.7 Å². The summed E-state index contributed by atoms with van der Waals surface area (Å²) in [4.78, 5) is 39.0. The van der Waals surface area contributed by atoms with Crippen LogP contribution in [0.5, 0.6) is 0 Å². The lowest BCUT2D eigenvalue weighted by Gasteiger charge is -2.27. The Labute approximate surface area is 174 Å². The zero-order valence-corrected chi connectivity index (χ0v) is 16.6. The zero-order valence-electron chi connectivity index (χ0n) is 16.6. The largest absolute Gasteiger partial charge is 0.383 e. The van der Waals surface area contributed by atoms with E-state index in [-0.39, 0.29) is 17.3 Å². The van der Waals surface area contributed by atoms with Crippen LogP contribution in [0, 0.1) is 10.1 Å². The first-order valence-corrected chi connectivity index (χ1v) is 9.63. The monoisotopic (exact) mass is 409 g/mol. The van der Waals surface area contributed by atoms with Crippen molar-refractivity contribution in [1.82, 2.24) is 10.2 Å². The minimum absolute atomic E-state index is 0.130. The van der Waals surface area contributed by atoms with Crippen LogP contribution < -0.4 is 5.32 Å². The van der Waals surface area contributed by atoms with Gasteiger partial charge in [0.15, 0.2) is 5.70 Å². The molecule has 30 heavy (non-hydrogen) atoms. The van der Waals surface area contributed by atoms with Crippen molar-refractivity contribution in [3.63, 3.8) is 0 Å². The topological polar surface area (TPSA) is 102 Å². The zero-order chi connectivity index (χ0) is 21.5. The summed E-state index contributed by atoms with van der Waals surface area (Å²) in [6, 6.07) is 16.3. The van der Waals surface area contributed by atoms with Crippen LogP contribution in [0.25, 0.3) is 0 Å². The van der Waals surface area contributed by atoms with Gasteiger partial charge >= 0.3 is 11.7 Å². The SMILES string of the molecule is COC[C@@H]1CCCN1/C(C(=O)c1ccccc1)=C(\NC(=O)c1ccccc1)[N+](=O)[O-]. The minimum Gasteiger partial charge on any atom is -0.383 e. The van der Waals surface area contributed by atoms with Crippen molar-refractivity contribution >= 4 is 11.7 Å².